The fourth-order valence-corrected chi connectivity index (χ4v) is 2.14. The first-order valence-electron chi connectivity index (χ1n) is 5.77. The molecule has 1 atom stereocenters. The van der Waals surface area contributed by atoms with Crippen LogP contribution in [0.5, 0.6) is 0 Å². The number of nitrogens with one attached hydrogen (secondary N) is 1. The predicted molar refractivity (Wildman–Crippen MR) is 70.4 cm³/mol. The summed E-state index contributed by atoms with van der Waals surface area (Å²) in [5.41, 5.74) is 0.895. The highest BCUT2D eigenvalue weighted by molar-refractivity contribution is 6.31. The molecule has 2 nitrogen and oxygen atoms in total. The average molecular weight is 268 g/mol. The van der Waals surface area contributed by atoms with Crippen molar-refractivity contribution in [3.05, 3.63) is 58.3 Å². The highest BCUT2D eigenvalue weighted by atomic mass is 35.5. The van der Waals surface area contributed by atoms with E-state index in [0.29, 0.717) is 11.4 Å². The lowest BCUT2D eigenvalue weighted by Gasteiger charge is -2.14. The van der Waals surface area contributed by atoms with Crippen molar-refractivity contribution in [2.75, 3.05) is 7.05 Å². The van der Waals surface area contributed by atoms with Gasteiger partial charge >= 0.3 is 0 Å². The second kappa shape index (κ2) is 5.55. The van der Waals surface area contributed by atoms with E-state index in [0.717, 1.165) is 17.1 Å². The lowest BCUT2D eigenvalue weighted by atomic mass is 10.0. The number of furan rings is 1. The summed E-state index contributed by atoms with van der Waals surface area (Å²) in [5, 5.41) is 3.62. The molecule has 1 heterocycles. The summed E-state index contributed by atoms with van der Waals surface area (Å²) in [5.74, 6) is 1.41. The minimum atomic E-state index is -0.321. The van der Waals surface area contributed by atoms with Gasteiger partial charge in [-0.15, -0.1) is 0 Å². The van der Waals surface area contributed by atoms with Gasteiger partial charge in [-0.05, 0) is 50.2 Å². The first-order valence-corrected chi connectivity index (χ1v) is 6.15. The third kappa shape index (κ3) is 2.92. The van der Waals surface area contributed by atoms with Gasteiger partial charge in [-0.3, -0.25) is 0 Å². The molecule has 18 heavy (non-hydrogen) atoms. The third-order valence-electron chi connectivity index (χ3n) is 2.89. The lowest BCUT2D eigenvalue weighted by molar-refractivity contribution is 0.414. The molecule has 0 aliphatic rings. The Morgan fingerprint density at radius 1 is 1.33 bits per heavy atom. The minimum absolute atomic E-state index is 0.0293. The fraction of sp³-hybridized carbons (Fsp3) is 0.286. The van der Waals surface area contributed by atoms with Crippen molar-refractivity contribution in [3.63, 3.8) is 0 Å². The molecule has 2 aromatic rings. The number of aryl methyl sites for hydroxylation is 1. The smallest absolute Gasteiger partial charge is 0.124 e. The van der Waals surface area contributed by atoms with E-state index in [2.05, 4.69) is 5.32 Å². The Labute approximate surface area is 111 Å². The van der Waals surface area contributed by atoms with Crippen molar-refractivity contribution in [1.29, 1.82) is 0 Å². The van der Waals surface area contributed by atoms with Crippen LogP contribution >= 0.6 is 11.6 Å². The zero-order chi connectivity index (χ0) is 13.1. The molecule has 4 heteroatoms. The van der Waals surface area contributed by atoms with Crippen LogP contribution in [0.15, 0.2) is 34.7 Å². The summed E-state index contributed by atoms with van der Waals surface area (Å²) < 4.78 is 18.6. The van der Waals surface area contributed by atoms with Crippen LogP contribution in [-0.2, 0) is 6.42 Å². The van der Waals surface area contributed by atoms with E-state index < -0.39 is 0 Å². The molecule has 0 aliphatic heterocycles. The van der Waals surface area contributed by atoms with Gasteiger partial charge in [0.15, 0.2) is 0 Å². The van der Waals surface area contributed by atoms with E-state index in [1.807, 2.05) is 26.1 Å². The van der Waals surface area contributed by atoms with Gasteiger partial charge in [-0.2, -0.15) is 0 Å². The van der Waals surface area contributed by atoms with Gasteiger partial charge in [0.25, 0.3) is 0 Å². The Balaban J connectivity index is 2.20. The maximum Gasteiger partial charge on any atom is 0.124 e. The van der Waals surface area contributed by atoms with Crippen molar-refractivity contribution < 1.29 is 8.81 Å². The molecule has 1 aromatic carbocycles. The molecular formula is C14H15ClFNO. The number of hydrogen-bond acceptors (Lipinski definition) is 2. The van der Waals surface area contributed by atoms with E-state index in [1.165, 1.54) is 12.1 Å². The summed E-state index contributed by atoms with van der Waals surface area (Å²) in [6.07, 6.45) is 0.655. The van der Waals surface area contributed by atoms with Crippen LogP contribution in [0.3, 0.4) is 0 Å². The van der Waals surface area contributed by atoms with E-state index in [1.54, 1.807) is 6.07 Å². The fourth-order valence-electron chi connectivity index (χ4n) is 1.89. The lowest BCUT2D eigenvalue weighted by Crippen LogP contribution is -2.18. The highest BCUT2D eigenvalue weighted by Crippen LogP contribution is 2.25. The SMILES string of the molecule is CNC(Cc1ccc(F)cc1Cl)c1ccc(C)o1. The van der Waals surface area contributed by atoms with Gasteiger partial charge in [-0.25, -0.2) is 4.39 Å². The maximum absolute atomic E-state index is 13.0. The van der Waals surface area contributed by atoms with Gasteiger partial charge in [0, 0.05) is 5.02 Å². The molecule has 0 fully saturated rings. The molecule has 96 valence electrons. The molecule has 0 radical (unpaired) electrons. The Morgan fingerprint density at radius 2 is 2.11 bits per heavy atom. The summed E-state index contributed by atoms with van der Waals surface area (Å²) in [7, 11) is 1.86. The Morgan fingerprint density at radius 3 is 2.67 bits per heavy atom. The molecule has 2 rings (SSSR count). The van der Waals surface area contributed by atoms with Crippen molar-refractivity contribution in [3.8, 4) is 0 Å². The number of benzene rings is 1. The van der Waals surface area contributed by atoms with Crippen LogP contribution < -0.4 is 5.32 Å². The summed E-state index contributed by atoms with van der Waals surface area (Å²) >= 11 is 6.02. The van der Waals surface area contributed by atoms with Crippen molar-refractivity contribution >= 4 is 11.6 Å². The number of hydrogen-bond donors (Lipinski definition) is 1. The molecule has 1 aromatic heterocycles. The molecule has 0 bridgehead atoms. The number of rotatable bonds is 4. The summed E-state index contributed by atoms with van der Waals surface area (Å²) in [4.78, 5) is 0. The number of likely N-dealkylation sites (N-methyl/N-ethyl adjacent to an activating group) is 1. The van der Waals surface area contributed by atoms with Gasteiger partial charge in [0.1, 0.15) is 17.3 Å². The summed E-state index contributed by atoms with van der Waals surface area (Å²) in [6.45, 7) is 1.90. The van der Waals surface area contributed by atoms with Crippen molar-refractivity contribution in [2.24, 2.45) is 0 Å². The van der Waals surface area contributed by atoms with Crippen LogP contribution in [0.2, 0.25) is 5.02 Å². The molecule has 0 aliphatic carbocycles. The highest BCUT2D eigenvalue weighted by Gasteiger charge is 2.15. The molecule has 0 saturated heterocycles. The molecular weight excluding hydrogens is 253 g/mol. The zero-order valence-electron chi connectivity index (χ0n) is 10.3. The predicted octanol–water partition coefficient (Wildman–Crippen LogP) is 3.88. The van der Waals surface area contributed by atoms with Crippen LogP contribution in [0.1, 0.15) is 23.1 Å². The third-order valence-corrected chi connectivity index (χ3v) is 3.24. The minimum Gasteiger partial charge on any atom is -0.465 e. The maximum atomic E-state index is 13.0. The molecule has 1 N–H and O–H groups in total. The second-order valence-electron chi connectivity index (χ2n) is 4.23. The van der Waals surface area contributed by atoms with Crippen LogP contribution in [0.4, 0.5) is 4.39 Å². The molecule has 1 unspecified atom stereocenters. The van der Waals surface area contributed by atoms with E-state index in [4.69, 9.17) is 16.0 Å². The molecule has 0 amide bonds. The monoisotopic (exact) mass is 267 g/mol. The van der Waals surface area contributed by atoms with Crippen molar-refractivity contribution in [1.82, 2.24) is 5.32 Å². The first kappa shape index (κ1) is 13.1. The molecule has 0 spiro atoms. The Hall–Kier alpha value is -1.32. The normalized spacial score (nSPS) is 12.7. The van der Waals surface area contributed by atoms with Gasteiger partial charge in [0.05, 0.1) is 6.04 Å². The Bertz CT molecular complexity index is 538. The van der Waals surface area contributed by atoms with Crippen LogP contribution in [0.25, 0.3) is 0 Å². The van der Waals surface area contributed by atoms with Crippen molar-refractivity contribution in [2.45, 2.75) is 19.4 Å². The van der Waals surface area contributed by atoms with E-state index in [9.17, 15) is 4.39 Å². The first-order chi connectivity index (χ1) is 8.60. The van der Waals surface area contributed by atoms with Crippen LogP contribution in [0, 0.1) is 12.7 Å². The summed E-state index contributed by atoms with van der Waals surface area (Å²) in [6, 6.07) is 8.34. The van der Waals surface area contributed by atoms with Gasteiger partial charge in [-0.1, -0.05) is 17.7 Å². The topological polar surface area (TPSA) is 25.2 Å². The van der Waals surface area contributed by atoms with E-state index >= 15 is 0 Å². The Kier molecular flexibility index (Phi) is 4.04. The van der Waals surface area contributed by atoms with Gasteiger partial charge < -0.3 is 9.73 Å². The largest absolute Gasteiger partial charge is 0.465 e. The molecule has 0 saturated carbocycles. The van der Waals surface area contributed by atoms with Crippen LogP contribution in [-0.4, -0.2) is 7.05 Å². The second-order valence-corrected chi connectivity index (χ2v) is 4.64. The zero-order valence-corrected chi connectivity index (χ0v) is 11.1. The van der Waals surface area contributed by atoms with E-state index in [-0.39, 0.29) is 11.9 Å². The van der Waals surface area contributed by atoms with Gasteiger partial charge in [0.2, 0.25) is 0 Å². The average Bonchev–Trinajstić information content (AvgIpc) is 2.75. The quantitative estimate of drug-likeness (QED) is 0.909. The standard InChI is InChI=1S/C14H15ClFNO/c1-9-3-6-14(18-9)13(17-2)7-10-4-5-11(16)8-12(10)15/h3-6,8,13,17H,7H2,1-2H3. The number of halogens is 2.